The lowest BCUT2D eigenvalue weighted by molar-refractivity contribution is -0.125. The third-order valence-electron chi connectivity index (χ3n) is 4.14. The van der Waals surface area contributed by atoms with Crippen LogP contribution in [0.3, 0.4) is 0 Å². The highest BCUT2D eigenvalue weighted by Gasteiger charge is 2.22. The number of aromatic hydroxyl groups is 1. The molecule has 2 aromatic heterocycles. The minimum Gasteiger partial charge on any atom is -0.507 e. The third kappa shape index (κ3) is 3.89. The van der Waals surface area contributed by atoms with Crippen LogP contribution in [0.4, 0.5) is 0 Å². The normalized spacial score (nSPS) is 16.2. The van der Waals surface area contributed by atoms with E-state index in [2.05, 4.69) is 21.8 Å². The molecule has 1 fully saturated rings. The van der Waals surface area contributed by atoms with Gasteiger partial charge < -0.3 is 20.1 Å². The zero-order valence-corrected chi connectivity index (χ0v) is 14.2. The molecule has 7 nitrogen and oxygen atoms in total. The number of likely N-dealkylation sites (tertiary alicyclic amines) is 1. The van der Waals surface area contributed by atoms with Crippen molar-refractivity contribution < 1.29 is 15.0 Å². The van der Waals surface area contributed by atoms with Gasteiger partial charge in [-0.05, 0) is 36.8 Å². The fraction of sp³-hybridized carbons (Fsp3) is 0.211. The Morgan fingerprint density at radius 2 is 2.12 bits per heavy atom. The number of benzene rings is 1. The van der Waals surface area contributed by atoms with E-state index in [1.165, 1.54) is 6.08 Å². The number of β-amino-alcohol motifs (C(OH)–C–C–N with tert-alkyl or cyclic N) is 1. The highest BCUT2D eigenvalue weighted by Crippen LogP contribution is 2.27. The van der Waals surface area contributed by atoms with Gasteiger partial charge in [0.15, 0.2) is 5.65 Å². The standard InChI is InChI=1S/C12H9N3O.C7H11NO2/c16-11-4-2-1-3-9(11)10-7-8-5-6-13-12(8)15-14-10;1-2-7(10)8-4-3-6(9)5-8/h1-7,16H,(H,13,15);2,6,9H,1,3-5H2. The maximum Gasteiger partial charge on any atom is 0.246 e. The van der Waals surface area contributed by atoms with Crippen molar-refractivity contribution in [2.75, 3.05) is 13.1 Å². The van der Waals surface area contributed by atoms with Crippen LogP contribution in [0.1, 0.15) is 6.42 Å². The number of para-hydroxylation sites is 1. The number of aromatic amines is 1. The van der Waals surface area contributed by atoms with Crippen LogP contribution in [0, 0.1) is 0 Å². The maximum absolute atomic E-state index is 10.9. The number of rotatable bonds is 2. The molecule has 0 saturated carbocycles. The molecule has 1 amide bonds. The van der Waals surface area contributed by atoms with Gasteiger partial charge in [-0.25, -0.2) is 0 Å². The first-order valence-electron chi connectivity index (χ1n) is 8.27. The van der Waals surface area contributed by atoms with Crippen LogP contribution in [-0.4, -0.2) is 55.4 Å². The molecule has 4 rings (SSSR count). The number of H-pyrrole nitrogens is 1. The number of nitrogens with one attached hydrogen (secondary N) is 1. The largest absolute Gasteiger partial charge is 0.507 e. The zero-order chi connectivity index (χ0) is 18.5. The average Bonchev–Trinajstić information content (AvgIpc) is 3.30. The summed E-state index contributed by atoms with van der Waals surface area (Å²) in [5.41, 5.74) is 2.11. The van der Waals surface area contributed by atoms with Gasteiger partial charge >= 0.3 is 0 Å². The Balaban J connectivity index is 0.000000170. The number of aliphatic hydroxyl groups is 1. The molecule has 0 aliphatic carbocycles. The molecule has 1 atom stereocenters. The Morgan fingerprint density at radius 1 is 1.31 bits per heavy atom. The van der Waals surface area contributed by atoms with Crippen molar-refractivity contribution in [1.29, 1.82) is 0 Å². The summed E-state index contributed by atoms with van der Waals surface area (Å²) in [5.74, 6) is 0.128. The molecule has 3 N–H and O–H groups in total. The number of nitrogens with zero attached hydrogens (tertiary/aromatic N) is 3. The van der Waals surface area contributed by atoms with E-state index < -0.39 is 0 Å². The van der Waals surface area contributed by atoms with Crippen molar-refractivity contribution in [3.63, 3.8) is 0 Å². The first-order chi connectivity index (χ1) is 12.6. The molecule has 0 radical (unpaired) electrons. The molecule has 3 heterocycles. The second-order valence-electron chi connectivity index (χ2n) is 5.96. The van der Waals surface area contributed by atoms with E-state index in [4.69, 9.17) is 5.11 Å². The fourth-order valence-electron chi connectivity index (χ4n) is 2.75. The molecular formula is C19H20N4O3. The van der Waals surface area contributed by atoms with E-state index in [0.717, 1.165) is 11.0 Å². The number of aromatic nitrogens is 3. The summed E-state index contributed by atoms with van der Waals surface area (Å²) in [6, 6.07) is 10.9. The van der Waals surface area contributed by atoms with Crippen molar-refractivity contribution in [1.82, 2.24) is 20.1 Å². The van der Waals surface area contributed by atoms with Crippen LogP contribution >= 0.6 is 0 Å². The summed E-state index contributed by atoms with van der Waals surface area (Å²) in [4.78, 5) is 15.4. The first-order valence-corrected chi connectivity index (χ1v) is 8.27. The lowest BCUT2D eigenvalue weighted by atomic mass is 10.1. The van der Waals surface area contributed by atoms with Crippen molar-refractivity contribution >= 4 is 16.9 Å². The number of phenols is 1. The summed E-state index contributed by atoms with van der Waals surface area (Å²) in [7, 11) is 0. The van der Waals surface area contributed by atoms with Crippen molar-refractivity contribution in [2.45, 2.75) is 12.5 Å². The van der Waals surface area contributed by atoms with Gasteiger partial charge in [-0.3, -0.25) is 4.79 Å². The number of amides is 1. The molecule has 134 valence electrons. The quantitative estimate of drug-likeness (QED) is 0.613. The van der Waals surface area contributed by atoms with Crippen LogP contribution in [0.2, 0.25) is 0 Å². The third-order valence-corrected chi connectivity index (χ3v) is 4.14. The van der Waals surface area contributed by atoms with Crippen molar-refractivity contribution in [3.8, 4) is 17.0 Å². The lowest BCUT2D eigenvalue weighted by Crippen LogP contribution is -2.27. The Bertz CT molecular complexity index is 922. The Labute approximate surface area is 150 Å². The van der Waals surface area contributed by atoms with Gasteiger partial charge in [0.25, 0.3) is 0 Å². The van der Waals surface area contributed by atoms with E-state index in [1.54, 1.807) is 17.0 Å². The van der Waals surface area contributed by atoms with Crippen LogP contribution < -0.4 is 0 Å². The van der Waals surface area contributed by atoms with E-state index in [-0.39, 0.29) is 17.8 Å². The molecule has 3 aromatic rings. The Morgan fingerprint density at radius 3 is 2.81 bits per heavy atom. The molecular weight excluding hydrogens is 332 g/mol. The summed E-state index contributed by atoms with van der Waals surface area (Å²) >= 11 is 0. The van der Waals surface area contributed by atoms with Crippen LogP contribution in [0.5, 0.6) is 5.75 Å². The predicted octanol–water partition coefficient (Wildman–Crippen LogP) is 2.10. The SMILES string of the molecule is C=CC(=O)N1CCC(O)C1.Oc1ccccc1-c1cc2cc[nH]c2nn1. The smallest absolute Gasteiger partial charge is 0.246 e. The van der Waals surface area contributed by atoms with Gasteiger partial charge in [-0.2, -0.15) is 0 Å². The van der Waals surface area contributed by atoms with Crippen molar-refractivity contribution in [2.24, 2.45) is 0 Å². The van der Waals surface area contributed by atoms with Gasteiger partial charge in [0, 0.05) is 30.2 Å². The molecule has 1 aromatic carbocycles. The molecule has 26 heavy (non-hydrogen) atoms. The average molecular weight is 352 g/mol. The highest BCUT2D eigenvalue weighted by atomic mass is 16.3. The van der Waals surface area contributed by atoms with E-state index in [9.17, 15) is 9.90 Å². The van der Waals surface area contributed by atoms with E-state index >= 15 is 0 Å². The molecule has 1 unspecified atom stereocenters. The van der Waals surface area contributed by atoms with E-state index in [0.29, 0.717) is 30.8 Å². The van der Waals surface area contributed by atoms with Gasteiger partial charge in [0.05, 0.1) is 11.8 Å². The Kier molecular flexibility index (Phi) is 5.28. The summed E-state index contributed by atoms with van der Waals surface area (Å²) in [6.07, 6.45) is 3.45. The second kappa shape index (κ2) is 7.79. The summed E-state index contributed by atoms with van der Waals surface area (Å²) in [6.45, 7) is 4.48. The number of fused-ring (bicyclic) bond motifs is 1. The summed E-state index contributed by atoms with van der Waals surface area (Å²) in [5, 5.41) is 27.8. The summed E-state index contributed by atoms with van der Waals surface area (Å²) < 4.78 is 0. The minimum atomic E-state index is -0.330. The number of phenolic OH excluding ortho intramolecular Hbond substituents is 1. The molecule has 1 aliphatic heterocycles. The number of aliphatic hydroxyl groups excluding tert-OH is 1. The number of carbonyl (C=O) groups excluding carboxylic acids is 1. The lowest BCUT2D eigenvalue weighted by Gasteiger charge is -2.11. The van der Waals surface area contributed by atoms with Gasteiger partial charge in [0.1, 0.15) is 5.75 Å². The number of hydrogen-bond donors (Lipinski definition) is 3. The highest BCUT2D eigenvalue weighted by molar-refractivity contribution is 5.87. The van der Waals surface area contributed by atoms with Gasteiger partial charge in [-0.1, -0.05) is 18.7 Å². The van der Waals surface area contributed by atoms with Crippen molar-refractivity contribution in [3.05, 3.63) is 55.3 Å². The molecule has 0 bridgehead atoms. The number of carbonyl (C=O) groups is 1. The molecule has 7 heteroatoms. The molecule has 1 aliphatic rings. The molecule has 1 saturated heterocycles. The second-order valence-corrected chi connectivity index (χ2v) is 5.96. The maximum atomic E-state index is 10.9. The minimum absolute atomic E-state index is 0.0865. The monoisotopic (exact) mass is 352 g/mol. The Hall–Kier alpha value is -3.19. The topological polar surface area (TPSA) is 102 Å². The van der Waals surface area contributed by atoms with Crippen LogP contribution in [0.15, 0.2) is 55.3 Å². The van der Waals surface area contributed by atoms with Gasteiger partial charge in [-0.15, -0.1) is 10.2 Å². The number of hydrogen-bond acceptors (Lipinski definition) is 5. The molecule has 0 spiro atoms. The van der Waals surface area contributed by atoms with Crippen LogP contribution in [0.25, 0.3) is 22.3 Å². The fourth-order valence-corrected chi connectivity index (χ4v) is 2.75. The van der Waals surface area contributed by atoms with E-state index in [1.807, 2.05) is 30.5 Å². The first kappa shape index (κ1) is 17.6. The van der Waals surface area contributed by atoms with Gasteiger partial charge in [0.2, 0.25) is 5.91 Å². The zero-order valence-electron chi connectivity index (χ0n) is 14.2. The van der Waals surface area contributed by atoms with Crippen LogP contribution in [-0.2, 0) is 4.79 Å². The predicted molar refractivity (Wildman–Crippen MR) is 98.4 cm³/mol.